The Morgan fingerprint density at radius 2 is 1.69 bits per heavy atom. The van der Waals surface area contributed by atoms with E-state index in [2.05, 4.69) is 50.8 Å². The Hall–Kier alpha value is -0.980. The monoisotopic (exact) mass is 177 g/mol. The van der Waals surface area contributed by atoms with Gasteiger partial charge in [-0.2, -0.15) is 0 Å². The SMILES string of the molecule is CCN(CC)c1ccc(C)cc1C. The van der Waals surface area contributed by atoms with Crippen molar-refractivity contribution in [1.82, 2.24) is 0 Å². The minimum atomic E-state index is 1.08. The molecule has 0 unspecified atom stereocenters. The smallest absolute Gasteiger partial charge is 0.0395 e. The van der Waals surface area contributed by atoms with Crippen LogP contribution in [0.4, 0.5) is 5.69 Å². The van der Waals surface area contributed by atoms with Crippen LogP contribution in [0.3, 0.4) is 0 Å². The average molecular weight is 177 g/mol. The molecular formula is C12H19N. The molecular weight excluding hydrogens is 158 g/mol. The molecule has 1 rings (SSSR count). The predicted molar refractivity (Wildman–Crippen MR) is 59.5 cm³/mol. The van der Waals surface area contributed by atoms with Crippen molar-refractivity contribution in [3.05, 3.63) is 29.3 Å². The first-order valence-corrected chi connectivity index (χ1v) is 5.01. The van der Waals surface area contributed by atoms with Crippen molar-refractivity contribution >= 4 is 5.69 Å². The van der Waals surface area contributed by atoms with Crippen LogP contribution >= 0.6 is 0 Å². The first-order chi connectivity index (χ1) is 6.19. The van der Waals surface area contributed by atoms with Crippen LogP contribution < -0.4 is 4.90 Å². The van der Waals surface area contributed by atoms with E-state index in [1.54, 1.807) is 0 Å². The fraction of sp³-hybridized carbons (Fsp3) is 0.500. The summed E-state index contributed by atoms with van der Waals surface area (Å²) in [7, 11) is 0. The second kappa shape index (κ2) is 4.31. The molecule has 0 N–H and O–H groups in total. The Kier molecular flexibility index (Phi) is 3.35. The van der Waals surface area contributed by atoms with Crippen molar-refractivity contribution in [2.45, 2.75) is 27.7 Å². The van der Waals surface area contributed by atoms with Gasteiger partial charge in [-0.05, 0) is 39.3 Å². The van der Waals surface area contributed by atoms with Gasteiger partial charge in [-0.25, -0.2) is 0 Å². The van der Waals surface area contributed by atoms with Gasteiger partial charge in [-0.3, -0.25) is 0 Å². The van der Waals surface area contributed by atoms with Gasteiger partial charge in [0.25, 0.3) is 0 Å². The van der Waals surface area contributed by atoms with Gasteiger partial charge in [0.1, 0.15) is 0 Å². The Labute approximate surface area is 81.4 Å². The van der Waals surface area contributed by atoms with Crippen LogP contribution in [0.15, 0.2) is 18.2 Å². The van der Waals surface area contributed by atoms with Crippen molar-refractivity contribution in [3.8, 4) is 0 Å². The summed E-state index contributed by atoms with van der Waals surface area (Å²) in [4.78, 5) is 2.38. The van der Waals surface area contributed by atoms with Crippen molar-refractivity contribution in [2.24, 2.45) is 0 Å². The molecule has 0 atom stereocenters. The molecule has 0 aliphatic carbocycles. The highest BCUT2D eigenvalue weighted by atomic mass is 15.1. The fourth-order valence-electron chi connectivity index (χ4n) is 1.72. The molecule has 0 amide bonds. The number of hydrogen-bond acceptors (Lipinski definition) is 1. The van der Waals surface area contributed by atoms with Gasteiger partial charge in [0.15, 0.2) is 0 Å². The molecule has 0 spiro atoms. The maximum absolute atomic E-state index is 2.38. The van der Waals surface area contributed by atoms with Gasteiger partial charge in [0, 0.05) is 18.8 Å². The van der Waals surface area contributed by atoms with Gasteiger partial charge in [-0.1, -0.05) is 17.7 Å². The summed E-state index contributed by atoms with van der Waals surface area (Å²) in [5.74, 6) is 0. The van der Waals surface area contributed by atoms with Gasteiger partial charge in [0.05, 0.1) is 0 Å². The van der Waals surface area contributed by atoms with Crippen LogP contribution in [-0.4, -0.2) is 13.1 Å². The summed E-state index contributed by atoms with van der Waals surface area (Å²) in [5.41, 5.74) is 4.09. The molecule has 0 aliphatic rings. The Morgan fingerprint density at radius 1 is 1.08 bits per heavy atom. The molecule has 0 fully saturated rings. The van der Waals surface area contributed by atoms with Crippen LogP contribution in [-0.2, 0) is 0 Å². The molecule has 0 aromatic heterocycles. The molecule has 0 heterocycles. The first-order valence-electron chi connectivity index (χ1n) is 5.01. The Balaban J connectivity index is 2.99. The summed E-state index contributed by atoms with van der Waals surface area (Å²) in [5, 5.41) is 0. The van der Waals surface area contributed by atoms with Gasteiger partial charge >= 0.3 is 0 Å². The van der Waals surface area contributed by atoms with Crippen LogP contribution in [0.5, 0.6) is 0 Å². The van der Waals surface area contributed by atoms with E-state index in [1.165, 1.54) is 16.8 Å². The number of aryl methyl sites for hydroxylation is 2. The normalized spacial score (nSPS) is 10.2. The lowest BCUT2D eigenvalue weighted by Crippen LogP contribution is -2.22. The molecule has 0 aliphatic heterocycles. The summed E-state index contributed by atoms with van der Waals surface area (Å²) >= 11 is 0. The first kappa shape index (κ1) is 10.1. The highest BCUT2D eigenvalue weighted by Gasteiger charge is 2.04. The molecule has 72 valence electrons. The minimum absolute atomic E-state index is 1.08. The summed E-state index contributed by atoms with van der Waals surface area (Å²) in [6.07, 6.45) is 0. The molecule has 1 heteroatoms. The predicted octanol–water partition coefficient (Wildman–Crippen LogP) is 3.15. The van der Waals surface area contributed by atoms with Gasteiger partial charge in [-0.15, -0.1) is 0 Å². The Morgan fingerprint density at radius 3 is 2.15 bits per heavy atom. The highest BCUT2D eigenvalue weighted by molar-refractivity contribution is 5.54. The van der Waals surface area contributed by atoms with Crippen molar-refractivity contribution in [1.29, 1.82) is 0 Å². The molecule has 1 aromatic carbocycles. The zero-order valence-electron chi connectivity index (χ0n) is 9.09. The van der Waals surface area contributed by atoms with E-state index in [-0.39, 0.29) is 0 Å². The van der Waals surface area contributed by atoms with Crippen molar-refractivity contribution < 1.29 is 0 Å². The maximum atomic E-state index is 2.38. The summed E-state index contributed by atoms with van der Waals surface area (Å²) < 4.78 is 0. The molecule has 0 radical (unpaired) electrons. The van der Waals surface area contributed by atoms with E-state index < -0.39 is 0 Å². The van der Waals surface area contributed by atoms with Crippen LogP contribution in [0.2, 0.25) is 0 Å². The zero-order valence-corrected chi connectivity index (χ0v) is 9.09. The van der Waals surface area contributed by atoms with Crippen LogP contribution in [0.1, 0.15) is 25.0 Å². The van der Waals surface area contributed by atoms with E-state index in [9.17, 15) is 0 Å². The van der Waals surface area contributed by atoms with E-state index in [1.807, 2.05) is 0 Å². The summed E-state index contributed by atoms with van der Waals surface area (Å²) in [6, 6.07) is 6.64. The number of hydrogen-bond donors (Lipinski definition) is 0. The number of nitrogens with zero attached hydrogens (tertiary/aromatic N) is 1. The lowest BCUT2D eigenvalue weighted by atomic mass is 10.1. The van der Waals surface area contributed by atoms with Crippen molar-refractivity contribution in [3.63, 3.8) is 0 Å². The summed E-state index contributed by atoms with van der Waals surface area (Å²) in [6.45, 7) is 10.9. The quantitative estimate of drug-likeness (QED) is 0.685. The lowest BCUT2D eigenvalue weighted by Gasteiger charge is -2.23. The van der Waals surface area contributed by atoms with E-state index in [0.717, 1.165) is 13.1 Å². The number of rotatable bonds is 3. The third-order valence-electron chi connectivity index (χ3n) is 2.46. The average Bonchev–Trinajstić information content (AvgIpc) is 2.10. The van der Waals surface area contributed by atoms with E-state index in [4.69, 9.17) is 0 Å². The molecule has 1 nitrogen and oxygen atoms in total. The second-order valence-electron chi connectivity index (χ2n) is 3.46. The molecule has 0 saturated heterocycles. The van der Waals surface area contributed by atoms with Gasteiger partial charge in [0.2, 0.25) is 0 Å². The molecule has 13 heavy (non-hydrogen) atoms. The minimum Gasteiger partial charge on any atom is -0.372 e. The molecule has 0 saturated carbocycles. The number of anilines is 1. The largest absolute Gasteiger partial charge is 0.372 e. The number of benzene rings is 1. The highest BCUT2D eigenvalue weighted by Crippen LogP contribution is 2.20. The third-order valence-corrected chi connectivity index (χ3v) is 2.46. The van der Waals surface area contributed by atoms with E-state index in [0.29, 0.717) is 0 Å². The Bertz CT molecular complexity index is 274. The standard InChI is InChI=1S/C12H19N/c1-5-13(6-2)12-8-7-10(3)9-11(12)4/h7-9H,5-6H2,1-4H3. The van der Waals surface area contributed by atoms with Crippen LogP contribution in [0, 0.1) is 13.8 Å². The maximum Gasteiger partial charge on any atom is 0.0395 e. The van der Waals surface area contributed by atoms with E-state index >= 15 is 0 Å². The van der Waals surface area contributed by atoms with Gasteiger partial charge < -0.3 is 4.90 Å². The zero-order chi connectivity index (χ0) is 9.84. The third kappa shape index (κ3) is 2.24. The fourth-order valence-corrected chi connectivity index (χ4v) is 1.72. The lowest BCUT2D eigenvalue weighted by molar-refractivity contribution is 0.861. The molecule has 1 aromatic rings. The second-order valence-corrected chi connectivity index (χ2v) is 3.46. The van der Waals surface area contributed by atoms with Crippen LogP contribution in [0.25, 0.3) is 0 Å². The topological polar surface area (TPSA) is 3.24 Å². The molecule has 0 bridgehead atoms. The van der Waals surface area contributed by atoms with Crippen molar-refractivity contribution in [2.75, 3.05) is 18.0 Å².